The third-order valence-electron chi connectivity index (χ3n) is 5.12. The second-order valence-electron chi connectivity index (χ2n) is 7.00. The van der Waals surface area contributed by atoms with Crippen molar-refractivity contribution in [1.29, 1.82) is 5.26 Å². The Balaban J connectivity index is 1.33. The lowest BCUT2D eigenvalue weighted by molar-refractivity contribution is 0.247. The molecule has 1 aliphatic heterocycles. The largest absolute Gasteiger partial charge is 0.491 e. The Bertz CT molecular complexity index is 968. The zero-order valence-corrected chi connectivity index (χ0v) is 15.7. The maximum Gasteiger partial charge on any atom is 0.123 e. The first kappa shape index (κ1) is 18.3. The van der Waals surface area contributed by atoms with Crippen molar-refractivity contribution in [3.05, 3.63) is 59.8 Å². The summed E-state index contributed by atoms with van der Waals surface area (Å²) >= 11 is 0. The molecule has 2 aromatic carbocycles. The van der Waals surface area contributed by atoms with E-state index in [1.165, 1.54) is 11.4 Å². The number of nitrogens with one attached hydrogen (secondary N) is 1. The number of hydrogen-bond acceptors (Lipinski definition) is 4. The number of alkyl halides is 1. The van der Waals surface area contributed by atoms with Gasteiger partial charge >= 0.3 is 0 Å². The molecule has 0 aliphatic carbocycles. The van der Waals surface area contributed by atoms with E-state index in [4.69, 9.17) is 10.00 Å². The smallest absolute Gasteiger partial charge is 0.123 e. The van der Waals surface area contributed by atoms with E-state index in [2.05, 4.69) is 26.9 Å². The summed E-state index contributed by atoms with van der Waals surface area (Å²) in [6, 6.07) is 17.9. The molecule has 1 aromatic heterocycles. The van der Waals surface area contributed by atoms with E-state index in [9.17, 15) is 4.39 Å². The SMILES string of the molecule is N#Cc1ccc2[nH]c(CN3CCN(c4ccc(OCC[18F])cc4)CC3)cc2c1. The Morgan fingerprint density at radius 2 is 1.82 bits per heavy atom. The van der Waals surface area contributed by atoms with Crippen LogP contribution in [0.2, 0.25) is 0 Å². The molecule has 0 saturated carbocycles. The van der Waals surface area contributed by atoms with Crippen molar-refractivity contribution in [3.63, 3.8) is 0 Å². The van der Waals surface area contributed by atoms with Crippen LogP contribution >= 0.6 is 0 Å². The highest BCUT2D eigenvalue weighted by Gasteiger charge is 2.18. The molecular formula is C22H23FN4O. The highest BCUT2D eigenvalue weighted by atomic mass is 18.2. The maximum absolute atomic E-state index is 12.2. The summed E-state index contributed by atoms with van der Waals surface area (Å²) in [5, 5.41) is 10.1. The van der Waals surface area contributed by atoms with E-state index < -0.39 is 6.67 Å². The lowest BCUT2D eigenvalue weighted by Crippen LogP contribution is -2.46. The molecule has 0 bridgehead atoms. The highest BCUT2D eigenvalue weighted by molar-refractivity contribution is 5.81. The molecule has 1 N–H and O–H groups in total. The number of halogens is 1. The number of ether oxygens (including phenoxy) is 1. The Hall–Kier alpha value is -3.04. The van der Waals surface area contributed by atoms with Gasteiger partial charge in [-0.25, -0.2) is 4.39 Å². The van der Waals surface area contributed by atoms with Crippen LogP contribution in [0.25, 0.3) is 10.9 Å². The van der Waals surface area contributed by atoms with Crippen LogP contribution in [0.3, 0.4) is 0 Å². The molecule has 2 heterocycles. The Morgan fingerprint density at radius 1 is 1.04 bits per heavy atom. The van der Waals surface area contributed by atoms with Gasteiger partial charge in [-0.05, 0) is 48.5 Å². The molecule has 144 valence electrons. The number of hydrogen-bond donors (Lipinski definition) is 1. The average Bonchev–Trinajstić information content (AvgIpc) is 3.14. The van der Waals surface area contributed by atoms with E-state index in [1.54, 1.807) is 0 Å². The van der Waals surface area contributed by atoms with Gasteiger partial charge in [-0.1, -0.05) is 0 Å². The monoisotopic (exact) mass is 377 g/mol. The van der Waals surface area contributed by atoms with Gasteiger partial charge in [-0.15, -0.1) is 0 Å². The summed E-state index contributed by atoms with van der Waals surface area (Å²) in [5.41, 5.74) is 4.10. The Labute approximate surface area is 163 Å². The fourth-order valence-electron chi connectivity index (χ4n) is 3.66. The number of rotatable bonds is 6. The predicted octanol–water partition coefficient (Wildman–Crippen LogP) is 3.71. The molecular weight excluding hydrogens is 354 g/mol. The fraction of sp³-hybridized carbons (Fsp3) is 0.318. The number of piperazine rings is 1. The quantitative estimate of drug-likeness (QED) is 0.712. The fourth-order valence-corrected chi connectivity index (χ4v) is 3.66. The topological polar surface area (TPSA) is 55.3 Å². The van der Waals surface area contributed by atoms with E-state index in [-0.39, 0.29) is 6.61 Å². The maximum atomic E-state index is 12.2. The van der Waals surface area contributed by atoms with Crippen LogP contribution in [0.15, 0.2) is 48.5 Å². The summed E-state index contributed by atoms with van der Waals surface area (Å²) in [5.74, 6) is 0.707. The van der Waals surface area contributed by atoms with Crippen molar-refractivity contribution in [3.8, 4) is 11.8 Å². The molecule has 0 atom stereocenters. The third-order valence-corrected chi connectivity index (χ3v) is 5.12. The van der Waals surface area contributed by atoms with Crippen LogP contribution in [-0.4, -0.2) is 49.3 Å². The molecule has 1 saturated heterocycles. The molecule has 5 nitrogen and oxygen atoms in total. The molecule has 0 spiro atoms. The van der Waals surface area contributed by atoms with Gasteiger partial charge in [0.15, 0.2) is 0 Å². The first-order valence-corrected chi connectivity index (χ1v) is 9.53. The molecule has 0 amide bonds. The molecule has 28 heavy (non-hydrogen) atoms. The normalized spacial score (nSPS) is 14.9. The van der Waals surface area contributed by atoms with Crippen LogP contribution in [0.1, 0.15) is 11.3 Å². The molecule has 6 heteroatoms. The first-order valence-electron chi connectivity index (χ1n) is 9.53. The number of nitriles is 1. The van der Waals surface area contributed by atoms with E-state index >= 15 is 0 Å². The first-order chi connectivity index (χ1) is 13.7. The van der Waals surface area contributed by atoms with Crippen LogP contribution < -0.4 is 9.64 Å². The van der Waals surface area contributed by atoms with Crippen molar-refractivity contribution in [2.45, 2.75) is 6.54 Å². The zero-order valence-electron chi connectivity index (χ0n) is 15.7. The number of fused-ring (bicyclic) bond motifs is 1. The van der Waals surface area contributed by atoms with Crippen LogP contribution in [0, 0.1) is 11.3 Å². The summed E-state index contributed by atoms with van der Waals surface area (Å²) in [7, 11) is 0. The molecule has 3 aromatic rings. The van der Waals surface area contributed by atoms with Crippen LogP contribution in [0.4, 0.5) is 10.1 Å². The Kier molecular flexibility index (Phi) is 5.45. The number of anilines is 1. The van der Waals surface area contributed by atoms with Crippen molar-refractivity contribution in [2.75, 3.05) is 44.4 Å². The minimum Gasteiger partial charge on any atom is -0.491 e. The van der Waals surface area contributed by atoms with Crippen molar-refractivity contribution in [1.82, 2.24) is 9.88 Å². The van der Waals surface area contributed by atoms with Gasteiger partial charge in [-0.3, -0.25) is 4.90 Å². The van der Waals surface area contributed by atoms with E-state index in [0.717, 1.165) is 43.6 Å². The second kappa shape index (κ2) is 8.32. The summed E-state index contributed by atoms with van der Waals surface area (Å²) in [6.07, 6.45) is 0. The van der Waals surface area contributed by atoms with Crippen molar-refractivity contribution in [2.24, 2.45) is 0 Å². The molecule has 1 aliphatic rings. The van der Waals surface area contributed by atoms with Gasteiger partial charge in [0.25, 0.3) is 0 Å². The van der Waals surface area contributed by atoms with Crippen molar-refractivity contribution < 1.29 is 9.13 Å². The lowest BCUT2D eigenvalue weighted by atomic mass is 10.2. The van der Waals surface area contributed by atoms with E-state index in [0.29, 0.717) is 11.3 Å². The highest BCUT2D eigenvalue weighted by Crippen LogP contribution is 2.22. The lowest BCUT2D eigenvalue weighted by Gasteiger charge is -2.36. The van der Waals surface area contributed by atoms with Crippen LogP contribution in [-0.2, 0) is 6.54 Å². The average molecular weight is 377 g/mol. The van der Waals surface area contributed by atoms with Gasteiger partial charge in [0.05, 0.1) is 11.6 Å². The van der Waals surface area contributed by atoms with Gasteiger partial charge in [0.2, 0.25) is 0 Å². The van der Waals surface area contributed by atoms with Crippen LogP contribution in [0.5, 0.6) is 5.75 Å². The Morgan fingerprint density at radius 3 is 2.54 bits per heavy atom. The number of aromatic amines is 1. The number of nitrogens with zero attached hydrogens (tertiary/aromatic N) is 3. The minimum atomic E-state index is -0.473. The van der Waals surface area contributed by atoms with Gasteiger partial charge in [-0.2, -0.15) is 5.26 Å². The number of benzene rings is 2. The third kappa shape index (κ3) is 4.10. The van der Waals surface area contributed by atoms with Gasteiger partial charge in [0.1, 0.15) is 19.0 Å². The summed E-state index contributed by atoms with van der Waals surface area (Å²) in [4.78, 5) is 8.25. The number of H-pyrrole nitrogens is 1. The second-order valence-corrected chi connectivity index (χ2v) is 7.00. The summed E-state index contributed by atoms with van der Waals surface area (Å²) < 4.78 is 17.5. The van der Waals surface area contributed by atoms with Gasteiger partial charge in [0, 0.05) is 55.0 Å². The molecule has 0 unspecified atom stereocenters. The number of aromatic nitrogens is 1. The predicted molar refractivity (Wildman–Crippen MR) is 108 cm³/mol. The molecule has 1 fully saturated rings. The molecule has 4 rings (SSSR count). The minimum absolute atomic E-state index is 0.101. The van der Waals surface area contributed by atoms with Gasteiger partial charge < -0.3 is 14.6 Å². The molecule has 0 radical (unpaired) electrons. The zero-order chi connectivity index (χ0) is 19.3. The standard InChI is InChI=1S/C22H23FN4O/c23-7-12-28-21-4-2-20(3-5-21)27-10-8-26(9-11-27)16-19-14-18-13-17(15-24)1-6-22(18)25-19/h1-6,13-14,25H,7-12,16H2/i23-1. The summed E-state index contributed by atoms with van der Waals surface area (Å²) in [6.45, 7) is 4.40. The van der Waals surface area contributed by atoms with E-state index in [1.807, 2.05) is 42.5 Å². The van der Waals surface area contributed by atoms with Crippen molar-refractivity contribution >= 4 is 16.6 Å².